The van der Waals surface area contributed by atoms with E-state index in [9.17, 15) is 0 Å². The van der Waals surface area contributed by atoms with E-state index in [2.05, 4.69) is 13.0 Å². The summed E-state index contributed by atoms with van der Waals surface area (Å²) in [5, 5.41) is 0. The van der Waals surface area contributed by atoms with Crippen LogP contribution in [0.5, 0.6) is 0 Å². The molecule has 1 rings (SSSR count). The first-order chi connectivity index (χ1) is 7.29. The van der Waals surface area contributed by atoms with Crippen molar-refractivity contribution in [2.45, 2.75) is 64.5 Å². The second-order valence-corrected chi connectivity index (χ2v) is 4.33. The molecule has 0 fully saturated rings. The van der Waals surface area contributed by atoms with Crippen molar-refractivity contribution in [3.05, 3.63) is 11.6 Å². The van der Waals surface area contributed by atoms with Crippen LogP contribution in [0.15, 0.2) is 11.6 Å². The number of rotatable bonds is 6. The fraction of sp³-hybridized carbons (Fsp3) is 0.846. The molecule has 0 aliphatic heterocycles. The molecule has 2 unspecified atom stereocenters. The maximum Gasteiger partial charge on any atom is 0.0764 e. The Labute approximate surface area is 93.9 Å². The van der Waals surface area contributed by atoms with E-state index in [0.29, 0.717) is 0 Å². The van der Waals surface area contributed by atoms with E-state index in [0.717, 1.165) is 19.4 Å². The van der Waals surface area contributed by atoms with Crippen LogP contribution in [0, 0.1) is 0 Å². The van der Waals surface area contributed by atoms with Crippen molar-refractivity contribution in [3.63, 3.8) is 0 Å². The zero-order valence-electron chi connectivity index (χ0n) is 10.2. The minimum atomic E-state index is 0.130. The summed E-state index contributed by atoms with van der Waals surface area (Å²) in [5.41, 5.74) is 7.70. The summed E-state index contributed by atoms with van der Waals surface area (Å²) in [6, 6.07) is 0.130. The molecule has 0 aromatic carbocycles. The summed E-state index contributed by atoms with van der Waals surface area (Å²) >= 11 is 0. The smallest absolute Gasteiger partial charge is 0.0764 e. The minimum absolute atomic E-state index is 0.130. The van der Waals surface area contributed by atoms with Gasteiger partial charge >= 0.3 is 0 Å². The zero-order valence-corrected chi connectivity index (χ0v) is 10.2. The Bertz CT molecular complexity index is 195. The molecule has 2 N–H and O–H groups in total. The maximum atomic E-state index is 6.27. The van der Waals surface area contributed by atoms with Gasteiger partial charge in [0.2, 0.25) is 0 Å². The Morgan fingerprint density at radius 1 is 1.40 bits per heavy atom. The molecule has 0 saturated carbocycles. The Kier molecular flexibility index (Phi) is 5.96. The van der Waals surface area contributed by atoms with E-state index in [-0.39, 0.29) is 12.1 Å². The molecule has 0 aromatic heterocycles. The van der Waals surface area contributed by atoms with Crippen molar-refractivity contribution in [1.82, 2.24) is 0 Å². The van der Waals surface area contributed by atoms with E-state index in [4.69, 9.17) is 10.5 Å². The fourth-order valence-corrected chi connectivity index (χ4v) is 2.27. The number of allylic oxidation sites excluding steroid dienone is 1. The summed E-state index contributed by atoms with van der Waals surface area (Å²) in [4.78, 5) is 0. The number of hydrogen-bond donors (Lipinski definition) is 1. The van der Waals surface area contributed by atoms with Gasteiger partial charge in [0.15, 0.2) is 0 Å². The van der Waals surface area contributed by atoms with Gasteiger partial charge in [0.05, 0.1) is 12.1 Å². The molecule has 1 aliphatic rings. The van der Waals surface area contributed by atoms with Gasteiger partial charge in [-0.2, -0.15) is 0 Å². The predicted molar refractivity (Wildman–Crippen MR) is 64.8 cm³/mol. The van der Waals surface area contributed by atoms with Crippen molar-refractivity contribution in [1.29, 1.82) is 0 Å². The quantitative estimate of drug-likeness (QED) is 0.685. The number of hydrogen-bond acceptors (Lipinski definition) is 2. The Morgan fingerprint density at radius 3 is 2.73 bits per heavy atom. The highest BCUT2D eigenvalue weighted by Crippen LogP contribution is 2.23. The lowest BCUT2D eigenvalue weighted by molar-refractivity contribution is 0.0445. The van der Waals surface area contributed by atoms with Gasteiger partial charge in [-0.15, -0.1) is 0 Å². The highest BCUT2D eigenvalue weighted by atomic mass is 16.5. The summed E-state index contributed by atoms with van der Waals surface area (Å²) in [6.07, 6.45) is 9.77. The van der Waals surface area contributed by atoms with Crippen molar-refractivity contribution < 1.29 is 4.74 Å². The minimum Gasteiger partial charge on any atom is -0.377 e. The van der Waals surface area contributed by atoms with E-state index >= 15 is 0 Å². The molecule has 0 heterocycles. The molecule has 0 amide bonds. The molecule has 0 spiro atoms. The monoisotopic (exact) mass is 211 g/mol. The third-order valence-corrected chi connectivity index (χ3v) is 3.11. The highest BCUT2D eigenvalue weighted by molar-refractivity contribution is 5.14. The molecule has 2 nitrogen and oxygen atoms in total. The van der Waals surface area contributed by atoms with Gasteiger partial charge in [0.1, 0.15) is 0 Å². The van der Waals surface area contributed by atoms with Gasteiger partial charge in [0.25, 0.3) is 0 Å². The normalized spacial score (nSPS) is 20.9. The van der Waals surface area contributed by atoms with Crippen LogP contribution in [0.2, 0.25) is 0 Å². The van der Waals surface area contributed by atoms with Crippen LogP contribution in [0.3, 0.4) is 0 Å². The Hall–Kier alpha value is -0.340. The second kappa shape index (κ2) is 7.02. The van der Waals surface area contributed by atoms with Gasteiger partial charge in [-0.3, -0.25) is 0 Å². The molecule has 15 heavy (non-hydrogen) atoms. The molecule has 1 aliphatic carbocycles. The molecular formula is C13H25NO. The zero-order chi connectivity index (χ0) is 11.1. The summed E-state index contributed by atoms with van der Waals surface area (Å²) in [7, 11) is 0. The SMILES string of the molecule is CCCC(OCC)C(N)C1=CCCCC1. The average molecular weight is 211 g/mol. The van der Waals surface area contributed by atoms with Crippen LogP contribution in [0.25, 0.3) is 0 Å². The van der Waals surface area contributed by atoms with Crippen molar-refractivity contribution in [2.24, 2.45) is 5.73 Å². The molecule has 88 valence electrons. The van der Waals surface area contributed by atoms with Crippen LogP contribution < -0.4 is 5.73 Å². The van der Waals surface area contributed by atoms with E-state index in [1.165, 1.54) is 31.3 Å². The second-order valence-electron chi connectivity index (χ2n) is 4.33. The third-order valence-electron chi connectivity index (χ3n) is 3.11. The largest absolute Gasteiger partial charge is 0.377 e. The third kappa shape index (κ3) is 3.96. The molecule has 2 atom stereocenters. The lowest BCUT2D eigenvalue weighted by atomic mass is 9.90. The van der Waals surface area contributed by atoms with Gasteiger partial charge in [-0.1, -0.05) is 25.0 Å². The predicted octanol–water partition coefficient (Wildman–Crippen LogP) is 3.02. The van der Waals surface area contributed by atoms with Crippen LogP contribution in [-0.4, -0.2) is 18.8 Å². The van der Waals surface area contributed by atoms with E-state index in [1.807, 2.05) is 6.92 Å². The van der Waals surface area contributed by atoms with Crippen molar-refractivity contribution >= 4 is 0 Å². The van der Waals surface area contributed by atoms with Crippen LogP contribution >= 0.6 is 0 Å². The fourth-order valence-electron chi connectivity index (χ4n) is 2.27. The standard InChI is InChI=1S/C13H25NO/c1-3-8-12(15-4-2)13(14)11-9-6-5-7-10-11/h9,12-13H,3-8,10,14H2,1-2H3. The first-order valence-corrected chi connectivity index (χ1v) is 6.35. The summed E-state index contributed by atoms with van der Waals surface area (Å²) in [6.45, 7) is 5.00. The molecule has 0 bridgehead atoms. The van der Waals surface area contributed by atoms with Gasteiger partial charge in [-0.25, -0.2) is 0 Å². The average Bonchev–Trinajstić information content (AvgIpc) is 2.29. The van der Waals surface area contributed by atoms with Crippen LogP contribution in [0.4, 0.5) is 0 Å². The first-order valence-electron chi connectivity index (χ1n) is 6.35. The first kappa shape index (κ1) is 12.7. The number of nitrogens with two attached hydrogens (primary N) is 1. The summed E-state index contributed by atoms with van der Waals surface area (Å²) in [5.74, 6) is 0. The molecule has 2 heteroatoms. The number of ether oxygens (including phenoxy) is 1. The summed E-state index contributed by atoms with van der Waals surface area (Å²) < 4.78 is 5.73. The van der Waals surface area contributed by atoms with E-state index in [1.54, 1.807) is 0 Å². The lowest BCUT2D eigenvalue weighted by Crippen LogP contribution is -2.38. The van der Waals surface area contributed by atoms with E-state index < -0.39 is 0 Å². The highest BCUT2D eigenvalue weighted by Gasteiger charge is 2.21. The molecule has 0 aromatic rings. The van der Waals surface area contributed by atoms with Gasteiger partial charge in [0, 0.05) is 6.61 Å². The maximum absolute atomic E-state index is 6.27. The van der Waals surface area contributed by atoms with Crippen LogP contribution in [0.1, 0.15) is 52.4 Å². The molecular weight excluding hydrogens is 186 g/mol. The lowest BCUT2D eigenvalue weighted by Gasteiger charge is -2.27. The van der Waals surface area contributed by atoms with Crippen LogP contribution in [-0.2, 0) is 4.74 Å². The Morgan fingerprint density at radius 2 is 2.20 bits per heavy atom. The van der Waals surface area contributed by atoms with Gasteiger partial charge < -0.3 is 10.5 Å². The van der Waals surface area contributed by atoms with Crippen molar-refractivity contribution in [2.75, 3.05) is 6.61 Å². The van der Waals surface area contributed by atoms with Gasteiger partial charge in [-0.05, 0) is 39.0 Å². The molecule has 0 saturated heterocycles. The van der Waals surface area contributed by atoms with Crippen molar-refractivity contribution in [3.8, 4) is 0 Å². The molecule has 0 radical (unpaired) electrons. The topological polar surface area (TPSA) is 35.2 Å². The Balaban J connectivity index is 2.52.